The summed E-state index contributed by atoms with van der Waals surface area (Å²) in [5.41, 5.74) is 0. The first-order valence-corrected chi connectivity index (χ1v) is 18.0. The summed E-state index contributed by atoms with van der Waals surface area (Å²) < 4.78 is 38.4. The van der Waals surface area contributed by atoms with Crippen LogP contribution in [0.2, 0.25) is 0 Å². The molecule has 248 valence electrons. The maximum Gasteiger partial charge on any atom is 0.157 e. The van der Waals surface area contributed by atoms with Crippen LogP contribution in [-0.4, -0.2) is 62.1 Å². The Labute approximate surface area is 262 Å². The van der Waals surface area contributed by atoms with Crippen LogP contribution in [0.1, 0.15) is 136 Å². The number of aliphatic hydroxyl groups excluding tert-OH is 1. The molecule has 3 aliphatic heterocycles. The van der Waals surface area contributed by atoms with Crippen LogP contribution in [0.4, 0.5) is 0 Å². The minimum absolute atomic E-state index is 0.0506. The van der Waals surface area contributed by atoms with Gasteiger partial charge in [0, 0.05) is 26.2 Å². The largest absolute Gasteiger partial charge is 0.513 e. The molecular formula is C36H62O7. The molecule has 0 aromatic carbocycles. The van der Waals surface area contributed by atoms with Crippen LogP contribution in [0.15, 0.2) is 24.0 Å². The predicted octanol–water partition coefficient (Wildman–Crippen LogP) is 8.91. The fraction of sp³-hybridized carbons (Fsp3) is 0.889. The molecule has 0 spiro atoms. The second-order valence-corrected chi connectivity index (χ2v) is 13.3. The van der Waals surface area contributed by atoms with Crippen molar-refractivity contribution in [3.63, 3.8) is 0 Å². The molecule has 1 aliphatic carbocycles. The molecule has 0 radical (unpaired) electrons. The van der Waals surface area contributed by atoms with Crippen LogP contribution in [0.5, 0.6) is 0 Å². The van der Waals surface area contributed by atoms with Crippen molar-refractivity contribution < 1.29 is 33.5 Å². The van der Waals surface area contributed by atoms with Crippen molar-refractivity contribution in [2.24, 2.45) is 11.8 Å². The first kappa shape index (κ1) is 34.9. The van der Waals surface area contributed by atoms with Gasteiger partial charge in [0.2, 0.25) is 0 Å². The van der Waals surface area contributed by atoms with Gasteiger partial charge in [0.05, 0.1) is 24.1 Å². The third-order valence-electron chi connectivity index (χ3n) is 9.71. The molecule has 4 fully saturated rings. The lowest BCUT2D eigenvalue weighted by Crippen LogP contribution is -2.33. The van der Waals surface area contributed by atoms with E-state index in [1.54, 1.807) is 13.0 Å². The molecule has 1 saturated carbocycles. The van der Waals surface area contributed by atoms with Gasteiger partial charge in [0.25, 0.3) is 0 Å². The van der Waals surface area contributed by atoms with Crippen molar-refractivity contribution in [3.05, 3.63) is 24.0 Å². The summed E-state index contributed by atoms with van der Waals surface area (Å²) >= 11 is 0. The summed E-state index contributed by atoms with van der Waals surface area (Å²) in [4.78, 5) is 0. The van der Waals surface area contributed by atoms with Gasteiger partial charge in [-0.1, -0.05) is 38.3 Å². The maximum absolute atomic E-state index is 9.49. The Morgan fingerprint density at radius 3 is 1.93 bits per heavy atom. The van der Waals surface area contributed by atoms with Gasteiger partial charge < -0.3 is 33.5 Å². The normalized spacial score (nSPS) is 33.3. The van der Waals surface area contributed by atoms with Gasteiger partial charge in [-0.15, -0.1) is 0 Å². The van der Waals surface area contributed by atoms with Crippen LogP contribution in [0.3, 0.4) is 0 Å². The Morgan fingerprint density at radius 1 is 0.767 bits per heavy atom. The summed E-state index contributed by atoms with van der Waals surface area (Å²) in [5.74, 6) is 1.14. The lowest BCUT2D eigenvalue weighted by Gasteiger charge is -2.33. The van der Waals surface area contributed by atoms with E-state index in [1.807, 2.05) is 6.08 Å². The van der Waals surface area contributed by atoms with E-state index >= 15 is 0 Å². The molecule has 8 atom stereocenters. The summed E-state index contributed by atoms with van der Waals surface area (Å²) in [5, 5.41) is 9.49. The highest BCUT2D eigenvalue weighted by molar-refractivity contribution is 5.04. The van der Waals surface area contributed by atoms with Crippen LogP contribution in [0, 0.1) is 11.8 Å². The molecule has 1 N–H and O–H groups in total. The third-order valence-corrected chi connectivity index (χ3v) is 9.71. The van der Waals surface area contributed by atoms with E-state index in [2.05, 4.69) is 13.0 Å². The summed E-state index contributed by atoms with van der Waals surface area (Å²) in [6, 6.07) is 0. The zero-order valence-corrected chi connectivity index (χ0v) is 27.3. The van der Waals surface area contributed by atoms with Crippen molar-refractivity contribution in [1.29, 1.82) is 0 Å². The van der Waals surface area contributed by atoms with Crippen molar-refractivity contribution in [2.75, 3.05) is 19.8 Å². The first-order chi connectivity index (χ1) is 21.1. The number of allylic oxidation sites excluding steroid dienone is 4. The lowest BCUT2D eigenvalue weighted by atomic mass is 9.84. The molecule has 7 heteroatoms. The molecule has 4 aliphatic rings. The molecule has 0 aromatic heterocycles. The van der Waals surface area contributed by atoms with Gasteiger partial charge in [-0.3, -0.25) is 0 Å². The van der Waals surface area contributed by atoms with E-state index in [1.165, 1.54) is 38.5 Å². The zero-order valence-electron chi connectivity index (χ0n) is 27.3. The van der Waals surface area contributed by atoms with Gasteiger partial charge in [0.1, 0.15) is 0 Å². The van der Waals surface area contributed by atoms with E-state index in [9.17, 15) is 5.11 Å². The maximum atomic E-state index is 9.49. The Hall–Kier alpha value is -0.960. The molecule has 3 heterocycles. The fourth-order valence-corrected chi connectivity index (χ4v) is 7.36. The van der Waals surface area contributed by atoms with Gasteiger partial charge in [-0.05, 0) is 121 Å². The lowest BCUT2D eigenvalue weighted by molar-refractivity contribution is -0.205. The monoisotopic (exact) mass is 606 g/mol. The molecule has 0 bridgehead atoms. The van der Waals surface area contributed by atoms with E-state index in [0.29, 0.717) is 17.6 Å². The molecule has 3 saturated heterocycles. The second kappa shape index (κ2) is 20.2. The Kier molecular flexibility index (Phi) is 16.4. The molecule has 6 unspecified atom stereocenters. The number of hydrogen-bond donors (Lipinski definition) is 1. The predicted molar refractivity (Wildman–Crippen MR) is 170 cm³/mol. The second-order valence-electron chi connectivity index (χ2n) is 13.3. The van der Waals surface area contributed by atoms with Crippen molar-refractivity contribution in [2.45, 2.75) is 173 Å². The minimum Gasteiger partial charge on any atom is -0.513 e. The highest BCUT2D eigenvalue weighted by Gasteiger charge is 2.46. The van der Waals surface area contributed by atoms with E-state index in [0.717, 1.165) is 103 Å². The first-order valence-electron chi connectivity index (χ1n) is 18.0. The average molecular weight is 607 g/mol. The van der Waals surface area contributed by atoms with Crippen LogP contribution in [-0.2, 0) is 28.4 Å². The number of ether oxygens (including phenoxy) is 6. The highest BCUT2D eigenvalue weighted by Crippen LogP contribution is 2.44. The Morgan fingerprint density at radius 2 is 1.37 bits per heavy atom. The Balaban J connectivity index is 1.46. The van der Waals surface area contributed by atoms with Crippen LogP contribution in [0.25, 0.3) is 0 Å². The van der Waals surface area contributed by atoms with Crippen LogP contribution < -0.4 is 0 Å². The van der Waals surface area contributed by atoms with E-state index < -0.39 is 0 Å². The quantitative estimate of drug-likeness (QED) is 0.0948. The van der Waals surface area contributed by atoms with Crippen molar-refractivity contribution >= 4 is 0 Å². The molecule has 43 heavy (non-hydrogen) atoms. The summed E-state index contributed by atoms with van der Waals surface area (Å²) in [6.07, 6.45) is 26.9. The smallest absolute Gasteiger partial charge is 0.157 e. The van der Waals surface area contributed by atoms with Crippen molar-refractivity contribution in [3.8, 4) is 0 Å². The number of rotatable bonds is 18. The Bertz CT molecular complexity index is 778. The average Bonchev–Trinajstić information content (AvgIpc) is 3.33. The highest BCUT2D eigenvalue weighted by atomic mass is 16.7. The molecular weight excluding hydrogens is 544 g/mol. The molecule has 7 nitrogen and oxygen atoms in total. The number of hydrogen-bond acceptors (Lipinski definition) is 7. The van der Waals surface area contributed by atoms with Crippen LogP contribution >= 0.6 is 0 Å². The molecule has 4 rings (SSSR count). The SMILES string of the molecule is CCCCCC(CC[C@H]1C(OC2CCCCO2)CC(OC2CCCCO2)[C@@H]1CCCC=CC=C(C)O)OC1CCCCO1. The zero-order chi connectivity index (χ0) is 30.1. The number of aliphatic hydroxyl groups is 1. The van der Waals surface area contributed by atoms with Gasteiger partial charge >= 0.3 is 0 Å². The van der Waals surface area contributed by atoms with Gasteiger partial charge in [0.15, 0.2) is 18.9 Å². The summed E-state index contributed by atoms with van der Waals surface area (Å²) in [7, 11) is 0. The third kappa shape index (κ3) is 12.8. The topological polar surface area (TPSA) is 75.6 Å². The van der Waals surface area contributed by atoms with Gasteiger partial charge in [-0.25, -0.2) is 0 Å². The molecule has 0 aromatic rings. The standard InChI is InChI=1S/C36H62O7/c1-3-4-7-17-29(41-34-19-10-13-24-38-34)22-23-31-30(18-9-6-5-8-16-28(2)37)32(42-35-20-11-14-25-39-35)27-33(31)43-36-21-12-15-26-40-36/h5,8,16,29-37H,3-4,6-7,9-15,17-27H2,1-2H3/t29?,30-,31-,32?,33?,34?,35?,36?/m1/s1. The minimum atomic E-state index is -0.102. The van der Waals surface area contributed by atoms with E-state index in [4.69, 9.17) is 28.4 Å². The number of unbranched alkanes of at least 4 members (excludes halogenated alkanes) is 3. The van der Waals surface area contributed by atoms with E-state index in [-0.39, 0.29) is 37.2 Å². The fourth-order valence-electron chi connectivity index (χ4n) is 7.36. The van der Waals surface area contributed by atoms with Gasteiger partial charge in [-0.2, -0.15) is 0 Å². The summed E-state index contributed by atoms with van der Waals surface area (Å²) in [6.45, 7) is 6.39. The van der Waals surface area contributed by atoms with Crippen molar-refractivity contribution in [1.82, 2.24) is 0 Å². The molecule has 0 amide bonds.